The molecule has 1 aliphatic carbocycles. The molecule has 0 N–H and O–H groups in total. The van der Waals surface area contributed by atoms with Crippen LogP contribution in [-0.2, 0) is 0 Å². The van der Waals surface area contributed by atoms with Gasteiger partial charge in [-0.3, -0.25) is 4.98 Å². The van der Waals surface area contributed by atoms with Crippen molar-refractivity contribution in [3.05, 3.63) is 66.1 Å². The van der Waals surface area contributed by atoms with Crippen LogP contribution in [0.1, 0.15) is 36.3 Å². The van der Waals surface area contributed by atoms with Crippen LogP contribution in [-0.4, -0.2) is 10.9 Å². The normalized spacial score (nSPS) is 19.1. The average molecular weight is 363 g/mol. The average Bonchev–Trinajstić information content (AvgIpc) is 3.26. The Hall–Kier alpha value is -2.75. The Balaban J connectivity index is 1.65. The van der Waals surface area contributed by atoms with E-state index in [1.807, 2.05) is 30.3 Å². The molecule has 0 bridgehead atoms. The number of benzene rings is 2. The number of rotatable bonds is 2. The maximum Gasteiger partial charge on any atom is 0.248 e. The molecule has 0 aliphatic heterocycles. The number of nitrogens with zero attached hydrogens (tertiary/aromatic N) is 1. The second-order valence-corrected chi connectivity index (χ2v) is 7.59. The summed E-state index contributed by atoms with van der Waals surface area (Å²) >= 11 is 0. The topological polar surface area (TPSA) is 26.0 Å². The third kappa shape index (κ3) is 2.80. The fourth-order valence-corrected chi connectivity index (χ4v) is 4.31. The molecule has 2 aromatic heterocycles. The van der Waals surface area contributed by atoms with Gasteiger partial charge in [0.15, 0.2) is 0 Å². The maximum absolute atomic E-state index is 13.6. The predicted octanol–water partition coefficient (Wildman–Crippen LogP) is 6.86. The van der Waals surface area contributed by atoms with E-state index < -0.39 is 5.92 Å². The molecular weight excluding hydrogens is 344 g/mol. The standard InChI is InChI=1S/C23H19F2NO/c1-14-10-17-6-9-27-22(17)20(11-14)21-19-3-2-15(12-16(19)5-8-26-21)18-4-7-23(24,25)13-18/h2-3,5-6,8-12,18H,4,7,13H2,1H3. The summed E-state index contributed by atoms with van der Waals surface area (Å²) in [6.07, 6.45) is 3.94. The SMILES string of the molecule is Cc1cc(-c2nccc3cc(C4CCC(F)(F)C4)ccc23)c2occc2c1. The van der Waals surface area contributed by atoms with Crippen LogP contribution < -0.4 is 0 Å². The van der Waals surface area contributed by atoms with Crippen molar-refractivity contribution in [3.63, 3.8) is 0 Å². The molecule has 1 fully saturated rings. The molecule has 4 heteroatoms. The van der Waals surface area contributed by atoms with E-state index in [-0.39, 0.29) is 18.8 Å². The van der Waals surface area contributed by atoms with E-state index in [0.29, 0.717) is 6.42 Å². The van der Waals surface area contributed by atoms with Gasteiger partial charge in [0.25, 0.3) is 0 Å². The second-order valence-electron chi connectivity index (χ2n) is 7.59. The molecule has 0 saturated heterocycles. The summed E-state index contributed by atoms with van der Waals surface area (Å²) < 4.78 is 32.9. The fraction of sp³-hybridized carbons (Fsp3) is 0.261. The van der Waals surface area contributed by atoms with Crippen LogP contribution in [0.25, 0.3) is 33.0 Å². The van der Waals surface area contributed by atoms with Crippen LogP contribution in [0.15, 0.2) is 59.3 Å². The van der Waals surface area contributed by atoms with Crippen molar-refractivity contribution in [1.82, 2.24) is 4.98 Å². The highest BCUT2D eigenvalue weighted by molar-refractivity contribution is 6.02. The zero-order valence-electron chi connectivity index (χ0n) is 15.0. The van der Waals surface area contributed by atoms with Gasteiger partial charge >= 0.3 is 0 Å². The highest BCUT2D eigenvalue weighted by Crippen LogP contribution is 2.45. The zero-order chi connectivity index (χ0) is 18.6. The Morgan fingerprint density at radius 1 is 1.07 bits per heavy atom. The number of hydrogen-bond donors (Lipinski definition) is 0. The van der Waals surface area contributed by atoms with Crippen LogP contribution in [0.3, 0.4) is 0 Å². The minimum absolute atomic E-state index is 0.0168. The molecule has 136 valence electrons. The lowest BCUT2D eigenvalue weighted by molar-refractivity contribution is 0.00777. The quantitative estimate of drug-likeness (QED) is 0.389. The molecule has 1 unspecified atom stereocenters. The molecule has 0 spiro atoms. The summed E-state index contributed by atoms with van der Waals surface area (Å²) in [5.74, 6) is -2.60. The van der Waals surface area contributed by atoms with Crippen LogP contribution >= 0.6 is 0 Å². The van der Waals surface area contributed by atoms with Crippen molar-refractivity contribution in [2.75, 3.05) is 0 Å². The summed E-state index contributed by atoms with van der Waals surface area (Å²) in [7, 11) is 0. The van der Waals surface area contributed by atoms with Crippen molar-refractivity contribution >= 4 is 21.7 Å². The second kappa shape index (κ2) is 5.88. The van der Waals surface area contributed by atoms with Gasteiger partial charge in [0.05, 0.1) is 12.0 Å². The van der Waals surface area contributed by atoms with E-state index in [1.165, 1.54) is 0 Å². The summed E-state index contributed by atoms with van der Waals surface area (Å²) in [5, 5.41) is 3.08. The number of pyridine rings is 1. The van der Waals surface area contributed by atoms with Crippen molar-refractivity contribution < 1.29 is 13.2 Å². The number of halogens is 2. The van der Waals surface area contributed by atoms with Crippen LogP contribution in [0, 0.1) is 6.92 Å². The summed E-state index contributed by atoms with van der Waals surface area (Å²) in [5.41, 5.74) is 4.77. The first-order chi connectivity index (χ1) is 13.0. The molecule has 0 amide bonds. The number of alkyl halides is 2. The monoisotopic (exact) mass is 363 g/mol. The highest BCUT2D eigenvalue weighted by atomic mass is 19.3. The Kier molecular flexibility index (Phi) is 3.58. The molecule has 1 atom stereocenters. The molecule has 4 aromatic rings. The maximum atomic E-state index is 13.6. The minimum Gasteiger partial charge on any atom is -0.464 e. The molecule has 27 heavy (non-hydrogen) atoms. The van der Waals surface area contributed by atoms with Crippen molar-refractivity contribution in [2.24, 2.45) is 0 Å². The Morgan fingerprint density at radius 3 is 2.78 bits per heavy atom. The lowest BCUT2D eigenvalue weighted by Gasteiger charge is -2.13. The Morgan fingerprint density at radius 2 is 1.96 bits per heavy atom. The lowest BCUT2D eigenvalue weighted by atomic mass is 9.93. The van der Waals surface area contributed by atoms with E-state index in [2.05, 4.69) is 24.0 Å². The van der Waals surface area contributed by atoms with E-state index in [9.17, 15) is 8.78 Å². The smallest absolute Gasteiger partial charge is 0.248 e. The third-order valence-electron chi connectivity index (χ3n) is 5.61. The number of furan rings is 1. The Labute approximate surface area is 155 Å². The fourth-order valence-electron chi connectivity index (χ4n) is 4.31. The van der Waals surface area contributed by atoms with Gasteiger partial charge in [0.2, 0.25) is 5.92 Å². The Bertz CT molecular complexity index is 1160. The van der Waals surface area contributed by atoms with Gasteiger partial charge in [-0.1, -0.05) is 18.2 Å². The highest BCUT2D eigenvalue weighted by Gasteiger charge is 2.39. The van der Waals surface area contributed by atoms with Crippen LogP contribution in [0.4, 0.5) is 8.78 Å². The molecule has 5 rings (SSSR count). The number of hydrogen-bond acceptors (Lipinski definition) is 2. The van der Waals surface area contributed by atoms with Gasteiger partial charge in [0, 0.05) is 35.4 Å². The third-order valence-corrected chi connectivity index (χ3v) is 5.61. The van der Waals surface area contributed by atoms with Crippen LogP contribution in [0.2, 0.25) is 0 Å². The van der Waals surface area contributed by atoms with Crippen molar-refractivity contribution in [2.45, 2.75) is 38.0 Å². The zero-order valence-corrected chi connectivity index (χ0v) is 15.0. The van der Waals surface area contributed by atoms with Crippen molar-refractivity contribution in [3.8, 4) is 11.3 Å². The van der Waals surface area contributed by atoms with Gasteiger partial charge in [-0.2, -0.15) is 0 Å². The molecule has 2 aromatic carbocycles. The molecule has 2 nitrogen and oxygen atoms in total. The molecule has 2 heterocycles. The van der Waals surface area contributed by atoms with Gasteiger partial charge in [-0.15, -0.1) is 0 Å². The molecule has 1 aliphatic rings. The first-order valence-corrected chi connectivity index (χ1v) is 9.25. The van der Waals surface area contributed by atoms with E-state index in [4.69, 9.17) is 4.42 Å². The molecular formula is C23H19F2NO. The summed E-state index contributed by atoms with van der Waals surface area (Å²) in [6, 6.07) is 14.1. The lowest BCUT2D eigenvalue weighted by Crippen LogP contribution is -2.09. The first kappa shape index (κ1) is 16.4. The number of fused-ring (bicyclic) bond motifs is 2. The van der Waals surface area contributed by atoms with E-state index in [1.54, 1.807) is 12.5 Å². The minimum atomic E-state index is -2.53. The number of aryl methyl sites for hydroxylation is 1. The summed E-state index contributed by atoms with van der Waals surface area (Å²) in [6.45, 7) is 2.06. The molecule has 1 saturated carbocycles. The van der Waals surface area contributed by atoms with E-state index >= 15 is 0 Å². The van der Waals surface area contributed by atoms with Gasteiger partial charge in [-0.05, 0) is 60.0 Å². The van der Waals surface area contributed by atoms with Gasteiger partial charge in [-0.25, -0.2) is 8.78 Å². The van der Waals surface area contributed by atoms with Gasteiger partial charge in [0.1, 0.15) is 5.58 Å². The van der Waals surface area contributed by atoms with Crippen LogP contribution in [0.5, 0.6) is 0 Å². The summed E-state index contributed by atoms with van der Waals surface area (Å²) in [4.78, 5) is 4.62. The largest absolute Gasteiger partial charge is 0.464 e. The molecule has 0 radical (unpaired) electrons. The first-order valence-electron chi connectivity index (χ1n) is 9.25. The number of aromatic nitrogens is 1. The van der Waals surface area contributed by atoms with Crippen molar-refractivity contribution in [1.29, 1.82) is 0 Å². The predicted molar refractivity (Wildman–Crippen MR) is 103 cm³/mol. The van der Waals surface area contributed by atoms with Gasteiger partial charge < -0.3 is 4.42 Å². The van der Waals surface area contributed by atoms with E-state index in [0.717, 1.165) is 44.1 Å².